The van der Waals surface area contributed by atoms with Crippen LogP contribution in [0.2, 0.25) is 5.02 Å². The number of hydrogen-bond donors (Lipinski definition) is 1. The molecular formula is C16H13ClN2O2. The first-order valence-electron chi connectivity index (χ1n) is 6.53. The lowest BCUT2D eigenvalue weighted by atomic mass is 10.1. The summed E-state index contributed by atoms with van der Waals surface area (Å²) in [6, 6.07) is 12.9. The SMILES string of the molecule is Cc1ccc(NC(=O)Cc2noc3ccccc23)cc1Cl. The molecule has 106 valence electrons. The first-order chi connectivity index (χ1) is 10.1. The summed E-state index contributed by atoms with van der Waals surface area (Å²) in [5.41, 5.74) is 2.94. The number of benzene rings is 2. The molecule has 0 atom stereocenters. The van der Waals surface area contributed by atoms with Crippen LogP contribution in [-0.4, -0.2) is 11.1 Å². The Labute approximate surface area is 126 Å². The summed E-state index contributed by atoms with van der Waals surface area (Å²) in [5.74, 6) is -0.158. The second kappa shape index (κ2) is 5.58. The van der Waals surface area contributed by atoms with E-state index in [1.54, 1.807) is 6.07 Å². The van der Waals surface area contributed by atoms with Crippen LogP contribution in [-0.2, 0) is 11.2 Å². The molecule has 0 bridgehead atoms. The Morgan fingerprint density at radius 3 is 2.90 bits per heavy atom. The third-order valence-electron chi connectivity index (χ3n) is 3.24. The van der Waals surface area contributed by atoms with Gasteiger partial charge in [-0.25, -0.2) is 0 Å². The van der Waals surface area contributed by atoms with Crippen LogP contribution in [0.1, 0.15) is 11.3 Å². The second-order valence-corrected chi connectivity index (χ2v) is 5.22. The van der Waals surface area contributed by atoms with E-state index < -0.39 is 0 Å². The van der Waals surface area contributed by atoms with Gasteiger partial charge < -0.3 is 9.84 Å². The van der Waals surface area contributed by atoms with E-state index in [9.17, 15) is 4.79 Å². The zero-order valence-corrected chi connectivity index (χ0v) is 12.1. The number of fused-ring (bicyclic) bond motifs is 1. The number of carbonyl (C=O) groups is 1. The van der Waals surface area contributed by atoms with E-state index >= 15 is 0 Å². The van der Waals surface area contributed by atoms with Crippen LogP contribution in [0.15, 0.2) is 47.0 Å². The van der Waals surface area contributed by atoms with Gasteiger partial charge in [0.1, 0.15) is 5.69 Å². The van der Waals surface area contributed by atoms with Gasteiger partial charge in [0, 0.05) is 16.1 Å². The van der Waals surface area contributed by atoms with Crippen molar-refractivity contribution in [2.24, 2.45) is 0 Å². The first kappa shape index (κ1) is 13.6. The van der Waals surface area contributed by atoms with E-state index in [-0.39, 0.29) is 12.3 Å². The number of rotatable bonds is 3. The van der Waals surface area contributed by atoms with Crippen molar-refractivity contribution < 1.29 is 9.32 Å². The molecule has 1 aromatic heterocycles. The molecule has 0 fully saturated rings. The van der Waals surface area contributed by atoms with Crippen molar-refractivity contribution in [2.75, 3.05) is 5.32 Å². The zero-order chi connectivity index (χ0) is 14.8. The summed E-state index contributed by atoms with van der Waals surface area (Å²) in [6.07, 6.45) is 0.155. The Kier molecular flexibility index (Phi) is 3.62. The predicted molar refractivity (Wildman–Crippen MR) is 82.5 cm³/mol. The Balaban J connectivity index is 1.75. The van der Waals surface area contributed by atoms with Crippen molar-refractivity contribution in [1.82, 2.24) is 5.16 Å². The van der Waals surface area contributed by atoms with Gasteiger partial charge in [0.25, 0.3) is 0 Å². The molecule has 0 radical (unpaired) electrons. The highest BCUT2D eigenvalue weighted by molar-refractivity contribution is 6.31. The molecule has 21 heavy (non-hydrogen) atoms. The van der Waals surface area contributed by atoms with Gasteiger partial charge in [-0.2, -0.15) is 0 Å². The largest absolute Gasteiger partial charge is 0.356 e. The zero-order valence-electron chi connectivity index (χ0n) is 11.4. The number of hydrogen-bond acceptors (Lipinski definition) is 3. The van der Waals surface area contributed by atoms with E-state index in [1.165, 1.54) is 0 Å². The van der Waals surface area contributed by atoms with Crippen LogP contribution < -0.4 is 5.32 Å². The van der Waals surface area contributed by atoms with Gasteiger partial charge in [-0.3, -0.25) is 4.79 Å². The van der Waals surface area contributed by atoms with Crippen LogP contribution in [0.5, 0.6) is 0 Å². The van der Waals surface area contributed by atoms with Gasteiger partial charge in [-0.15, -0.1) is 0 Å². The lowest BCUT2D eigenvalue weighted by Crippen LogP contribution is -2.14. The van der Waals surface area contributed by atoms with Gasteiger partial charge in [0.2, 0.25) is 5.91 Å². The lowest BCUT2D eigenvalue weighted by molar-refractivity contribution is -0.115. The van der Waals surface area contributed by atoms with Crippen LogP contribution in [0.3, 0.4) is 0 Å². The smallest absolute Gasteiger partial charge is 0.230 e. The molecule has 5 heteroatoms. The molecule has 0 spiro atoms. The first-order valence-corrected chi connectivity index (χ1v) is 6.90. The number of anilines is 1. The minimum atomic E-state index is -0.158. The number of para-hydroxylation sites is 1. The van der Waals surface area contributed by atoms with E-state index in [1.807, 2.05) is 43.3 Å². The third-order valence-corrected chi connectivity index (χ3v) is 3.64. The summed E-state index contributed by atoms with van der Waals surface area (Å²) >= 11 is 6.04. The average Bonchev–Trinajstić information content (AvgIpc) is 2.86. The second-order valence-electron chi connectivity index (χ2n) is 4.81. The number of carbonyl (C=O) groups excluding carboxylic acids is 1. The summed E-state index contributed by atoms with van der Waals surface area (Å²) in [7, 11) is 0. The maximum absolute atomic E-state index is 12.1. The predicted octanol–water partition coefficient (Wildman–Crippen LogP) is 3.97. The monoisotopic (exact) mass is 300 g/mol. The van der Waals surface area contributed by atoms with Crippen LogP contribution in [0.25, 0.3) is 11.0 Å². The maximum Gasteiger partial charge on any atom is 0.230 e. The minimum Gasteiger partial charge on any atom is -0.356 e. The van der Waals surface area contributed by atoms with Crippen LogP contribution in [0.4, 0.5) is 5.69 Å². The average molecular weight is 301 g/mol. The van der Waals surface area contributed by atoms with Crippen molar-refractivity contribution >= 4 is 34.2 Å². The summed E-state index contributed by atoms with van der Waals surface area (Å²) in [4.78, 5) is 12.1. The molecule has 0 unspecified atom stereocenters. The van der Waals surface area contributed by atoms with E-state index in [0.717, 1.165) is 10.9 Å². The van der Waals surface area contributed by atoms with Crippen LogP contribution in [0, 0.1) is 6.92 Å². The van der Waals surface area contributed by atoms with Gasteiger partial charge in [-0.05, 0) is 36.8 Å². The summed E-state index contributed by atoms with van der Waals surface area (Å²) in [6.45, 7) is 1.91. The Bertz CT molecular complexity index is 811. The number of aryl methyl sites for hydroxylation is 1. The number of aromatic nitrogens is 1. The molecule has 1 N–H and O–H groups in total. The molecule has 4 nitrogen and oxygen atoms in total. The molecule has 3 rings (SSSR count). The van der Waals surface area contributed by atoms with Gasteiger partial charge >= 0.3 is 0 Å². The topological polar surface area (TPSA) is 55.1 Å². The molecular weight excluding hydrogens is 288 g/mol. The quantitative estimate of drug-likeness (QED) is 0.796. The molecule has 0 aliphatic heterocycles. The highest BCUT2D eigenvalue weighted by atomic mass is 35.5. The molecule has 1 amide bonds. The van der Waals surface area contributed by atoms with Gasteiger partial charge in [0.05, 0.1) is 6.42 Å². The van der Waals surface area contributed by atoms with Crippen molar-refractivity contribution in [3.8, 4) is 0 Å². The Morgan fingerprint density at radius 1 is 1.29 bits per heavy atom. The number of nitrogens with one attached hydrogen (secondary N) is 1. The van der Waals surface area contributed by atoms with E-state index in [0.29, 0.717) is 22.0 Å². The molecule has 0 aliphatic rings. The fourth-order valence-electron chi connectivity index (χ4n) is 2.09. The highest BCUT2D eigenvalue weighted by Gasteiger charge is 2.12. The fourth-order valence-corrected chi connectivity index (χ4v) is 2.27. The standard InChI is InChI=1S/C16H13ClN2O2/c1-10-6-7-11(8-13(10)17)18-16(20)9-14-12-4-2-3-5-15(12)21-19-14/h2-8H,9H2,1H3,(H,18,20). The number of amides is 1. The molecule has 0 saturated carbocycles. The fraction of sp³-hybridized carbons (Fsp3) is 0.125. The minimum absolute atomic E-state index is 0.155. The number of halogens is 1. The van der Waals surface area contributed by atoms with Crippen molar-refractivity contribution in [3.63, 3.8) is 0 Å². The summed E-state index contributed by atoms with van der Waals surface area (Å²) < 4.78 is 5.18. The molecule has 1 heterocycles. The van der Waals surface area contributed by atoms with Crippen LogP contribution >= 0.6 is 11.6 Å². The van der Waals surface area contributed by atoms with Gasteiger partial charge in [-0.1, -0.05) is 35.0 Å². The van der Waals surface area contributed by atoms with Crippen molar-refractivity contribution in [2.45, 2.75) is 13.3 Å². The van der Waals surface area contributed by atoms with Crippen molar-refractivity contribution in [3.05, 3.63) is 58.7 Å². The normalized spacial score (nSPS) is 10.8. The molecule has 2 aromatic carbocycles. The van der Waals surface area contributed by atoms with E-state index in [2.05, 4.69) is 10.5 Å². The molecule has 3 aromatic rings. The maximum atomic E-state index is 12.1. The number of nitrogens with zero attached hydrogens (tertiary/aromatic N) is 1. The molecule has 0 saturated heterocycles. The summed E-state index contributed by atoms with van der Waals surface area (Å²) in [5, 5.41) is 8.24. The lowest BCUT2D eigenvalue weighted by Gasteiger charge is -2.06. The highest BCUT2D eigenvalue weighted by Crippen LogP contribution is 2.21. The van der Waals surface area contributed by atoms with Gasteiger partial charge in [0.15, 0.2) is 5.58 Å². The Morgan fingerprint density at radius 2 is 2.10 bits per heavy atom. The Hall–Kier alpha value is -2.33. The molecule has 0 aliphatic carbocycles. The third kappa shape index (κ3) is 2.90. The van der Waals surface area contributed by atoms with E-state index in [4.69, 9.17) is 16.1 Å². The van der Waals surface area contributed by atoms with Crippen molar-refractivity contribution in [1.29, 1.82) is 0 Å².